The molecule has 0 aliphatic carbocycles. The number of azide groups is 1. The van der Waals surface area contributed by atoms with E-state index in [1.807, 2.05) is 0 Å². The average Bonchev–Trinajstić information content (AvgIpc) is 2.37. The van der Waals surface area contributed by atoms with Crippen LogP contribution in [0, 0.1) is 0 Å². The SMILES string of the molecule is COC(=O)P(=O)([O-])OCc1ccc(N=[N+]=[N-])cc1. The molecule has 9 heteroatoms. The second kappa shape index (κ2) is 6.18. The molecule has 0 fully saturated rings. The van der Waals surface area contributed by atoms with Gasteiger partial charge in [-0.3, -0.25) is 4.57 Å². The van der Waals surface area contributed by atoms with Crippen LogP contribution in [0.2, 0.25) is 0 Å². The summed E-state index contributed by atoms with van der Waals surface area (Å²) in [6, 6.07) is 6.02. The van der Waals surface area contributed by atoms with Crippen molar-refractivity contribution in [3.05, 3.63) is 40.3 Å². The van der Waals surface area contributed by atoms with Crippen molar-refractivity contribution in [2.45, 2.75) is 6.61 Å². The first-order valence-corrected chi connectivity index (χ1v) is 6.22. The minimum atomic E-state index is -4.67. The van der Waals surface area contributed by atoms with Gasteiger partial charge in [0.25, 0.3) is 0 Å². The van der Waals surface area contributed by atoms with Gasteiger partial charge in [-0.05, 0) is 11.1 Å². The molecule has 0 saturated heterocycles. The van der Waals surface area contributed by atoms with E-state index in [4.69, 9.17) is 5.53 Å². The lowest BCUT2D eigenvalue weighted by Gasteiger charge is -2.19. The van der Waals surface area contributed by atoms with Gasteiger partial charge in [0.05, 0.1) is 13.7 Å². The van der Waals surface area contributed by atoms with Gasteiger partial charge in [-0.1, -0.05) is 29.4 Å². The second-order valence-corrected chi connectivity index (χ2v) is 4.72. The monoisotopic (exact) mass is 270 g/mol. The Hall–Kier alpha value is -1.85. The number of methoxy groups -OCH3 is 1. The fraction of sp³-hybridized carbons (Fsp3) is 0.222. The van der Waals surface area contributed by atoms with Gasteiger partial charge in [-0.2, -0.15) is 0 Å². The molecule has 0 heterocycles. The maximum atomic E-state index is 11.2. The molecule has 1 unspecified atom stereocenters. The predicted octanol–water partition coefficient (Wildman–Crippen LogP) is 2.46. The van der Waals surface area contributed by atoms with Gasteiger partial charge in [-0.15, -0.1) is 0 Å². The molecule has 0 radical (unpaired) electrons. The Labute approximate surface area is 102 Å². The maximum absolute atomic E-state index is 11.2. The van der Waals surface area contributed by atoms with Crippen LogP contribution < -0.4 is 4.89 Å². The molecule has 1 aromatic rings. The minimum Gasteiger partial charge on any atom is -0.770 e. The van der Waals surface area contributed by atoms with Crippen molar-refractivity contribution in [3.63, 3.8) is 0 Å². The Balaban J connectivity index is 2.66. The van der Waals surface area contributed by atoms with E-state index in [0.717, 1.165) is 7.11 Å². The topological polar surface area (TPSA) is 124 Å². The molecule has 0 bridgehead atoms. The van der Waals surface area contributed by atoms with Crippen molar-refractivity contribution >= 4 is 19.0 Å². The van der Waals surface area contributed by atoms with E-state index in [1.165, 1.54) is 24.3 Å². The molecular weight excluding hydrogens is 261 g/mol. The van der Waals surface area contributed by atoms with Gasteiger partial charge >= 0.3 is 5.71 Å². The van der Waals surface area contributed by atoms with E-state index in [0.29, 0.717) is 11.3 Å². The molecular formula is C9H9N3O5P-. The Bertz CT molecular complexity index is 524. The van der Waals surface area contributed by atoms with Gasteiger partial charge < -0.3 is 14.2 Å². The zero-order valence-corrected chi connectivity index (χ0v) is 10.2. The van der Waals surface area contributed by atoms with Crippen LogP contribution in [0.1, 0.15) is 5.56 Å². The summed E-state index contributed by atoms with van der Waals surface area (Å²) in [5.74, 6) is 0. The second-order valence-electron chi connectivity index (χ2n) is 3.10. The van der Waals surface area contributed by atoms with E-state index < -0.39 is 13.3 Å². The number of carbonyl (C=O) groups is 1. The van der Waals surface area contributed by atoms with Crippen LogP contribution in [-0.2, 0) is 20.4 Å². The molecule has 1 rings (SSSR count). The molecule has 1 aromatic carbocycles. The van der Waals surface area contributed by atoms with Gasteiger partial charge in [-0.25, -0.2) is 4.79 Å². The van der Waals surface area contributed by atoms with Gasteiger partial charge in [0.15, 0.2) is 0 Å². The standard InChI is InChI=1S/C9H10N3O5P/c1-16-9(13)18(14,15)17-6-7-2-4-8(5-3-7)11-12-10/h2-5H,6H2,1H3,(H,14,15)/p-1. The maximum Gasteiger partial charge on any atom is 0.376 e. The molecule has 0 saturated carbocycles. The van der Waals surface area contributed by atoms with Crippen LogP contribution >= 0.6 is 7.60 Å². The third kappa shape index (κ3) is 3.87. The number of ether oxygens (including phenoxy) is 1. The Morgan fingerprint density at radius 1 is 1.50 bits per heavy atom. The molecule has 0 aliphatic heterocycles. The van der Waals surface area contributed by atoms with Crippen LogP contribution in [0.5, 0.6) is 0 Å². The van der Waals surface area contributed by atoms with Crippen molar-refractivity contribution in [2.24, 2.45) is 5.11 Å². The predicted molar refractivity (Wildman–Crippen MR) is 60.0 cm³/mol. The van der Waals surface area contributed by atoms with Gasteiger partial charge in [0.1, 0.15) is 0 Å². The van der Waals surface area contributed by atoms with E-state index in [2.05, 4.69) is 19.3 Å². The molecule has 0 spiro atoms. The molecule has 8 nitrogen and oxygen atoms in total. The van der Waals surface area contributed by atoms with Crippen LogP contribution in [0.25, 0.3) is 10.4 Å². The first-order chi connectivity index (χ1) is 8.49. The van der Waals surface area contributed by atoms with Crippen molar-refractivity contribution < 1.29 is 23.5 Å². The molecule has 0 aromatic heterocycles. The smallest absolute Gasteiger partial charge is 0.376 e. The summed E-state index contributed by atoms with van der Waals surface area (Å²) >= 11 is 0. The summed E-state index contributed by atoms with van der Waals surface area (Å²) < 4.78 is 19.7. The number of hydrogen-bond acceptors (Lipinski definition) is 6. The Kier molecular flexibility index (Phi) is 4.88. The number of nitrogens with zero attached hydrogens (tertiary/aromatic N) is 3. The lowest BCUT2D eigenvalue weighted by molar-refractivity contribution is -0.196. The minimum absolute atomic E-state index is 0.299. The Morgan fingerprint density at radius 3 is 2.61 bits per heavy atom. The summed E-state index contributed by atoms with van der Waals surface area (Å²) in [6.45, 7) is -0.299. The van der Waals surface area contributed by atoms with Crippen molar-refractivity contribution in [3.8, 4) is 0 Å². The number of rotatable bonds is 5. The summed E-state index contributed by atoms with van der Waals surface area (Å²) in [5.41, 5.74) is 7.66. The van der Waals surface area contributed by atoms with Crippen molar-refractivity contribution in [1.29, 1.82) is 0 Å². The van der Waals surface area contributed by atoms with E-state index in [1.54, 1.807) is 0 Å². The van der Waals surface area contributed by atoms with E-state index in [9.17, 15) is 14.3 Å². The summed E-state index contributed by atoms with van der Waals surface area (Å²) in [7, 11) is -3.72. The molecule has 0 N–H and O–H groups in total. The van der Waals surface area contributed by atoms with Crippen molar-refractivity contribution in [2.75, 3.05) is 7.11 Å². The molecule has 18 heavy (non-hydrogen) atoms. The van der Waals surface area contributed by atoms with E-state index in [-0.39, 0.29) is 6.61 Å². The highest BCUT2D eigenvalue weighted by molar-refractivity contribution is 7.69. The number of carbonyl (C=O) groups excluding carboxylic acids is 1. The quantitative estimate of drug-likeness (QED) is 0.351. The van der Waals surface area contributed by atoms with Crippen LogP contribution in [0.15, 0.2) is 29.4 Å². The van der Waals surface area contributed by atoms with Gasteiger partial charge in [0, 0.05) is 10.6 Å². The summed E-state index contributed by atoms with van der Waals surface area (Å²) in [4.78, 5) is 24.6. The fourth-order valence-electron chi connectivity index (χ4n) is 1.03. The molecule has 0 amide bonds. The summed E-state index contributed by atoms with van der Waals surface area (Å²) in [5, 5.41) is 3.35. The van der Waals surface area contributed by atoms with Crippen LogP contribution in [-0.4, -0.2) is 12.8 Å². The molecule has 0 aliphatic rings. The highest BCUT2D eigenvalue weighted by Gasteiger charge is 2.20. The first-order valence-electron chi connectivity index (χ1n) is 4.68. The lowest BCUT2D eigenvalue weighted by atomic mass is 10.2. The highest BCUT2D eigenvalue weighted by Crippen LogP contribution is 2.39. The number of hydrogen-bond donors (Lipinski definition) is 0. The summed E-state index contributed by atoms with van der Waals surface area (Å²) in [6.07, 6.45) is 0. The zero-order valence-electron chi connectivity index (χ0n) is 9.35. The normalized spacial score (nSPS) is 13.2. The van der Waals surface area contributed by atoms with E-state index >= 15 is 0 Å². The number of benzene rings is 1. The lowest BCUT2D eigenvalue weighted by Crippen LogP contribution is -2.14. The highest BCUT2D eigenvalue weighted by atomic mass is 31.2. The largest absolute Gasteiger partial charge is 0.770 e. The van der Waals surface area contributed by atoms with Gasteiger partial charge in [0.2, 0.25) is 7.60 Å². The molecule has 96 valence electrons. The average molecular weight is 270 g/mol. The molecule has 1 atom stereocenters. The third-order valence-electron chi connectivity index (χ3n) is 1.90. The van der Waals surface area contributed by atoms with Crippen LogP contribution in [0.4, 0.5) is 10.5 Å². The fourth-order valence-corrected chi connectivity index (χ4v) is 1.68. The first kappa shape index (κ1) is 14.2. The van der Waals surface area contributed by atoms with Crippen LogP contribution in [0.3, 0.4) is 0 Å². The Morgan fingerprint density at radius 2 is 2.11 bits per heavy atom. The zero-order chi connectivity index (χ0) is 13.6. The third-order valence-corrected chi connectivity index (χ3v) is 2.99. The van der Waals surface area contributed by atoms with Crippen molar-refractivity contribution in [1.82, 2.24) is 0 Å².